The highest BCUT2D eigenvalue weighted by Gasteiger charge is 2.68. The van der Waals surface area contributed by atoms with Crippen LogP contribution in [0.5, 0.6) is 0 Å². The van der Waals surface area contributed by atoms with Crippen molar-refractivity contribution in [1.82, 2.24) is 0 Å². The first-order chi connectivity index (χ1) is 16.8. The summed E-state index contributed by atoms with van der Waals surface area (Å²) in [5, 5.41) is 11.7. The van der Waals surface area contributed by atoms with Crippen LogP contribution >= 0.6 is 23.5 Å². The van der Waals surface area contributed by atoms with Crippen LogP contribution in [0.3, 0.4) is 0 Å². The minimum absolute atomic E-state index is 0.0955. The molecule has 6 heteroatoms. The van der Waals surface area contributed by atoms with Gasteiger partial charge in [0.05, 0.1) is 25.2 Å². The SMILES string of the molecule is CO[C@@]12CC[C@@]3(CO1)C(=CC[C@@H]1[C@@H]3CC[C@@](C)([C@H](O)c3ccoc3)[C@H]1C=C1SCCCS1)C2(C)C. The smallest absolute Gasteiger partial charge is 0.176 e. The molecule has 7 atom stereocenters. The Morgan fingerprint density at radius 1 is 1.17 bits per heavy atom. The van der Waals surface area contributed by atoms with Crippen LogP contribution in [-0.2, 0) is 9.47 Å². The summed E-state index contributed by atoms with van der Waals surface area (Å²) >= 11 is 4.02. The molecule has 2 saturated carbocycles. The van der Waals surface area contributed by atoms with Gasteiger partial charge in [0, 0.05) is 39.6 Å². The van der Waals surface area contributed by atoms with E-state index in [1.807, 2.05) is 36.7 Å². The normalized spacial score (nSPS) is 43.2. The van der Waals surface area contributed by atoms with Crippen LogP contribution in [0, 0.1) is 34.0 Å². The van der Waals surface area contributed by atoms with E-state index < -0.39 is 11.9 Å². The number of methoxy groups -OCH3 is 1. The Bertz CT molecular complexity index is 996. The summed E-state index contributed by atoms with van der Waals surface area (Å²) in [5.41, 5.74) is 2.24. The molecule has 0 radical (unpaired) electrons. The van der Waals surface area contributed by atoms with Crippen LogP contribution in [0.25, 0.3) is 0 Å². The highest BCUT2D eigenvalue weighted by atomic mass is 32.2. The van der Waals surface area contributed by atoms with Crippen LogP contribution in [0.4, 0.5) is 0 Å². The zero-order valence-electron chi connectivity index (χ0n) is 21.5. The number of rotatable bonds is 4. The van der Waals surface area contributed by atoms with Crippen molar-refractivity contribution < 1.29 is 19.0 Å². The number of hydrogen-bond donors (Lipinski definition) is 1. The third-order valence-corrected chi connectivity index (χ3v) is 13.1. The Kier molecular flexibility index (Phi) is 6.12. The Hall–Kier alpha value is -0.660. The van der Waals surface area contributed by atoms with Crippen molar-refractivity contribution in [3.8, 4) is 0 Å². The minimum atomic E-state index is -0.530. The maximum atomic E-state index is 11.7. The first kappa shape index (κ1) is 24.7. The molecule has 1 aromatic rings. The first-order valence-electron chi connectivity index (χ1n) is 13.4. The first-order valence-corrected chi connectivity index (χ1v) is 15.3. The number of ether oxygens (including phenoxy) is 2. The molecule has 5 fully saturated rings. The predicted molar refractivity (Wildman–Crippen MR) is 143 cm³/mol. The number of furan rings is 1. The molecule has 7 rings (SSSR count). The summed E-state index contributed by atoms with van der Waals surface area (Å²) in [6.07, 6.45) is 14.6. The topological polar surface area (TPSA) is 51.8 Å². The van der Waals surface area contributed by atoms with Gasteiger partial charge in [0.1, 0.15) is 0 Å². The Morgan fingerprint density at radius 2 is 1.97 bits per heavy atom. The Labute approximate surface area is 218 Å². The summed E-state index contributed by atoms with van der Waals surface area (Å²) in [6.45, 7) is 7.76. The minimum Gasteiger partial charge on any atom is -0.472 e. The van der Waals surface area contributed by atoms with Gasteiger partial charge in [0.25, 0.3) is 0 Å². The van der Waals surface area contributed by atoms with Crippen LogP contribution in [0.1, 0.15) is 71.0 Å². The Morgan fingerprint density at radius 3 is 2.63 bits per heavy atom. The van der Waals surface area contributed by atoms with Gasteiger partial charge in [-0.1, -0.05) is 38.5 Å². The summed E-state index contributed by atoms with van der Waals surface area (Å²) < 4.78 is 19.6. The van der Waals surface area contributed by atoms with E-state index in [0.717, 1.165) is 44.3 Å². The summed E-state index contributed by atoms with van der Waals surface area (Å²) in [5.74, 6) is 3.30. The fraction of sp³-hybridized carbons (Fsp3) is 0.724. The molecule has 6 aliphatic rings. The van der Waals surface area contributed by atoms with Gasteiger partial charge in [-0.05, 0) is 67.4 Å². The molecule has 4 nitrogen and oxygen atoms in total. The average Bonchev–Trinajstić information content (AvgIpc) is 3.41. The number of aliphatic hydroxyl groups is 1. The highest BCUT2D eigenvalue weighted by molar-refractivity contribution is 8.22. The van der Waals surface area contributed by atoms with Crippen molar-refractivity contribution in [1.29, 1.82) is 0 Å². The van der Waals surface area contributed by atoms with E-state index in [-0.39, 0.29) is 16.2 Å². The van der Waals surface area contributed by atoms with Gasteiger partial charge in [0.15, 0.2) is 5.79 Å². The maximum Gasteiger partial charge on any atom is 0.176 e. The highest BCUT2D eigenvalue weighted by Crippen LogP contribution is 2.71. The van der Waals surface area contributed by atoms with Crippen molar-refractivity contribution in [3.63, 3.8) is 0 Å². The molecule has 35 heavy (non-hydrogen) atoms. The fourth-order valence-corrected chi connectivity index (χ4v) is 11.1. The summed E-state index contributed by atoms with van der Waals surface area (Å²) in [7, 11) is 1.82. The zero-order valence-corrected chi connectivity index (χ0v) is 23.2. The number of thioether (sulfide) groups is 2. The van der Waals surface area contributed by atoms with Gasteiger partial charge in [-0.3, -0.25) is 0 Å². The molecule has 3 saturated heterocycles. The van der Waals surface area contributed by atoms with Crippen LogP contribution in [0.2, 0.25) is 0 Å². The Balaban J connectivity index is 1.43. The molecule has 3 aliphatic carbocycles. The van der Waals surface area contributed by atoms with Crippen LogP contribution in [0.15, 0.2) is 45.0 Å². The van der Waals surface area contributed by atoms with Crippen molar-refractivity contribution in [3.05, 3.63) is 46.1 Å². The molecule has 1 spiro atoms. The van der Waals surface area contributed by atoms with Crippen molar-refractivity contribution in [2.75, 3.05) is 25.2 Å². The molecule has 2 bridgehead atoms. The second-order valence-electron chi connectivity index (χ2n) is 12.2. The molecule has 1 aromatic heterocycles. The van der Waals surface area contributed by atoms with Crippen LogP contribution in [-0.4, -0.2) is 36.1 Å². The molecule has 1 N–H and O–H groups in total. The standard InChI is InChI=1S/C29H40O4S2/c1-26(2)23-7-6-20-21(28(23)11-12-29(26,31-4)33-18-28)8-10-27(3,25(30)19-9-13-32-17-19)22(20)16-24-34-14-5-15-35-24/h7,9,13,16-17,20-22,25,30H,5-6,8,10-12,14-15,18H2,1-4H3/t20-,21+,22+,25-,27-,28+,29+/m1/s1. The predicted octanol–water partition coefficient (Wildman–Crippen LogP) is 7.18. The zero-order chi connectivity index (χ0) is 24.5. The third-order valence-electron chi connectivity index (χ3n) is 10.6. The van der Waals surface area contributed by atoms with E-state index in [1.165, 1.54) is 22.2 Å². The monoisotopic (exact) mass is 516 g/mol. The van der Waals surface area contributed by atoms with E-state index >= 15 is 0 Å². The number of hydrogen-bond acceptors (Lipinski definition) is 6. The van der Waals surface area contributed by atoms with Crippen molar-refractivity contribution >= 4 is 23.5 Å². The lowest BCUT2D eigenvalue weighted by Gasteiger charge is -2.68. The molecule has 0 amide bonds. The second kappa shape index (κ2) is 8.69. The van der Waals surface area contributed by atoms with Gasteiger partial charge < -0.3 is 19.0 Å². The van der Waals surface area contributed by atoms with E-state index in [9.17, 15) is 5.11 Å². The number of fused-ring (bicyclic) bond motifs is 3. The lowest BCUT2D eigenvalue weighted by atomic mass is 9.42. The van der Waals surface area contributed by atoms with Gasteiger partial charge in [-0.25, -0.2) is 0 Å². The van der Waals surface area contributed by atoms with Gasteiger partial charge >= 0.3 is 0 Å². The fourth-order valence-electron chi connectivity index (χ4n) is 8.65. The molecule has 192 valence electrons. The van der Waals surface area contributed by atoms with Gasteiger partial charge in [0.2, 0.25) is 0 Å². The summed E-state index contributed by atoms with van der Waals surface area (Å²) in [6, 6.07) is 1.94. The maximum absolute atomic E-state index is 11.7. The summed E-state index contributed by atoms with van der Waals surface area (Å²) in [4.78, 5) is 0. The number of aliphatic hydroxyl groups excluding tert-OH is 1. The molecular weight excluding hydrogens is 476 g/mol. The van der Waals surface area contributed by atoms with Crippen molar-refractivity contribution in [2.24, 2.45) is 34.0 Å². The molecule has 0 unspecified atom stereocenters. The molecular formula is C29H40O4S2. The van der Waals surface area contributed by atoms with E-state index in [0.29, 0.717) is 17.8 Å². The molecule has 3 aliphatic heterocycles. The quantitative estimate of drug-likeness (QED) is 0.428. The number of allylic oxidation sites excluding steroid dienone is 2. The van der Waals surface area contributed by atoms with Crippen LogP contribution < -0.4 is 0 Å². The van der Waals surface area contributed by atoms with Crippen molar-refractivity contribution in [2.45, 2.75) is 71.2 Å². The lowest BCUT2D eigenvalue weighted by molar-refractivity contribution is -0.345. The largest absolute Gasteiger partial charge is 0.472 e. The van der Waals surface area contributed by atoms with Gasteiger partial charge in [-0.15, -0.1) is 23.5 Å². The van der Waals surface area contributed by atoms with E-state index in [2.05, 4.69) is 32.9 Å². The van der Waals surface area contributed by atoms with Gasteiger partial charge in [-0.2, -0.15) is 0 Å². The average molecular weight is 517 g/mol. The van der Waals surface area contributed by atoms with E-state index in [1.54, 1.807) is 18.1 Å². The third kappa shape index (κ3) is 3.46. The molecule has 4 heterocycles. The lowest BCUT2D eigenvalue weighted by Crippen LogP contribution is -2.67. The van der Waals surface area contributed by atoms with E-state index in [4.69, 9.17) is 13.9 Å². The second-order valence-corrected chi connectivity index (χ2v) is 14.7. The molecule has 0 aromatic carbocycles.